The summed E-state index contributed by atoms with van der Waals surface area (Å²) in [5, 5.41) is 3.44. The maximum absolute atomic E-state index is 13.9. The molecule has 2 bridgehead atoms. The Morgan fingerprint density at radius 1 is 1.32 bits per heavy atom. The third kappa shape index (κ3) is 2.95. The maximum Gasteiger partial charge on any atom is 0.263 e. The van der Waals surface area contributed by atoms with Gasteiger partial charge < -0.3 is 5.32 Å². The molecule has 3 aliphatic heterocycles. The summed E-state index contributed by atoms with van der Waals surface area (Å²) in [6.45, 7) is 4.35. The van der Waals surface area contributed by atoms with Crippen molar-refractivity contribution in [2.45, 2.75) is 31.8 Å². The van der Waals surface area contributed by atoms with Gasteiger partial charge in [0.05, 0.1) is 6.20 Å². The summed E-state index contributed by atoms with van der Waals surface area (Å²) < 4.78 is 27.3. The second-order valence-electron chi connectivity index (χ2n) is 6.74. The summed E-state index contributed by atoms with van der Waals surface area (Å²) in [5.74, 6) is -1.53. The Balaban J connectivity index is 1.52. The van der Waals surface area contributed by atoms with Crippen LogP contribution in [0.4, 0.5) is 8.78 Å². The van der Waals surface area contributed by atoms with Crippen LogP contribution in [0.3, 0.4) is 0 Å². The summed E-state index contributed by atoms with van der Waals surface area (Å²) >= 11 is 1.08. The zero-order valence-electron chi connectivity index (χ0n) is 13.8. The molecule has 4 heterocycles. The van der Waals surface area contributed by atoms with E-state index in [0.29, 0.717) is 21.8 Å². The number of thiazole rings is 1. The number of nitrogens with zero attached hydrogens (tertiary/aromatic N) is 2. The van der Waals surface area contributed by atoms with E-state index in [1.165, 1.54) is 18.3 Å². The van der Waals surface area contributed by atoms with Crippen molar-refractivity contribution in [3.05, 3.63) is 40.9 Å². The molecule has 5 rings (SSSR count). The van der Waals surface area contributed by atoms with E-state index in [0.717, 1.165) is 43.3 Å². The van der Waals surface area contributed by atoms with E-state index in [9.17, 15) is 13.6 Å². The number of rotatable bonds is 3. The Morgan fingerprint density at radius 3 is 2.80 bits per heavy atom. The van der Waals surface area contributed by atoms with Crippen molar-refractivity contribution >= 4 is 17.2 Å². The maximum atomic E-state index is 13.9. The van der Waals surface area contributed by atoms with Gasteiger partial charge in [-0.1, -0.05) is 6.07 Å². The van der Waals surface area contributed by atoms with Crippen LogP contribution in [0.5, 0.6) is 0 Å². The highest BCUT2D eigenvalue weighted by atomic mass is 32.1. The number of aromatic nitrogens is 1. The lowest BCUT2D eigenvalue weighted by Crippen LogP contribution is -2.62. The van der Waals surface area contributed by atoms with Crippen LogP contribution in [0.2, 0.25) is 0 Å². The third-order valence-corrected chi connectivity index (χ3v) is 6.42. The normalized spacial score (nSPS) is 28.1. The molecular weight excluding hydrogens is 344 g/mol. The summed E-state index contributed by atoms with van der Waals surface area (Å²) in [6, 6.07) is 4.42. The average Bonchev–Trinajstić information content (AvgIpc) is 3.11. The van der Waals surface area contributed by atoms with E-state index in [1.807, 2.05) is 0 Å². The zero-order valence-corrected chi connectivity index (χ0v) is 14.7. The molecular formula is C18H19F2N3OS. The Bertz CT molecular complexity index is 799. The molecule has 0 radical (unpaired) electrons. The second-order valence-corrected chi connectivity index (χ2v) is 7.77. The summed E-state index contributed by atoms with van der Waals surface area (Å²) in [5.41, 5.74) is 0.0836. The SMILES string of the molecule is CC1C(NC(=O)c2cnc(-c3cccc(F)c3F)s2)C2CCN1CC2. The van der Waals surface area contributed by atoms with Crippen molar-refractivity contribution in [2.75, 3.05) is 13.1 Å². The molecule has 1 aromatic heterocycles. The predicted octanol–water partition coefficient (Wildman–Crippen LogP) is 3.30. The van der Waals surface area contributed by atoms with Gasteiger partial charge in [-0.3, -0.25) is 9.69 Å². The van der Waals surface area contributed by atoms with Gasteiger partial charge in [-0.2, -0.15) is 0 Å². The molecule has 4 nitrogen and oxygen atoms in total. The number of benzene rings is 1. The number of nitrogens with one attached hydrogen (secondary N) is 1. The first-order valence-corrected chi connectivity index (χ1v) is 9.31. The number of carbonyl (C=O) groups excluding carboxylic acids is 1. The van der Waals surface area contributed by atoms with Gasteiger partial charge in [-0.05, 0) is 50.9 Å². The Hall–Kier alpha value is -1.86. The lowest BCUT2D eigenvalue weighted by Gasteiger charge is -2.49. The van der Waals surface area contributed by atoms with Crippen molar-refractivity contribution in [1.29, 1.82) is 0 Å². The monoisotopic (exact) mass is 363 g/mol. The second kappa shape index (κ2) is 6.46. The first-order valence-electron chi connectivity index (χ1n) is 8.49. The van der Waals surface area contributed by atoms with E-state index < -0.39 is 11.6 Å². The topological polar surface area (TPSA) is 45.2 Å². The molecule has 1 N–H and O–H groups in total. The Kier molecular flexibility index (Phi) is 4.29. The molecule has 1 amide bonds. The first-order chi connectivity index (χ1) is 12.0. The van der Waals surface area contributed by atoms with Crippen molar-refractivity contribution in [2.24, 2.45) is 5.92 Å². The molecule has 0 aliphatic carbocycles. The van der Waals surface area contributed by atoms with Gasteiger partial charge in [0.15, 0.2) is 11.6 Å². The summed E-state index contributed by atoms with van der Waals surface area (Å²) in [6.07, 6.45) is 3.65. The Morgan fingerprint density at radius 2 is 2.08 bits per heavy atom. The fourth-order valence-electron chi connectivity index (χ4n) is 3.94. The number of amides is 1. The molecule has 0 saturated carbocycles. The highest BCUT2D eigenvalue weighted by molar-refractivity contribution is 7.16. The quantitative estimate of drug-likeness (QED) is 0.910. The van der Waals surface area contributed by atoms with Crippen LogP contribution in [0, 0.1) is 17.6 Å². The highest BCUT2D eigenvalue weighted by Gasteiger charge is 2.40. The van der Waals surface area contributed by atoms with Gasteiger partial charge in [0.25, 0.3) is 5.91 Å². The molecule has 2 aromatic rings. The molecule has 132 valence electrons. The zero-order chi connectivity index (χ0) is 17.6. The van der Waals surface area contributed by atoms with Crippen LogP contribution in [-0.4, -0.2) is 41.0 Å². The summed E-state index contributed by atoms with van der Waals surface area (Å²) in [4.78, 5) is 19.5. The summed E-state index contributed by atoms with van der Waals surface area (Å²) in [7, 11) is 0. The number of hydrogen-bond donors (Lipinski definition) is 1. The number of carbonyl (C=O) groups is 1. The van der Waals surface area contributed by atoms with Gasteiger partial charge in [-0.15, -0.1) is 11.3 Å². The predicted molar refractivity (Wildman–Crippen MR) is 92.5 cm³/mol. The number of hydrogen-bond acceptors (Lipinski definition) is 4. The molecule has 3 fully saturated rings. The Labute approximate surface area is 148 Å². The van der Waals surface area contributed by atoms with Crippen molar-refractivity contribution in [3.8, 4) is 10.6 Å². The number of fused-ring (bicyclic) bond motifs is 3. The van der Waals surface area contributed by atoms with Crippen LogP contribution in [0.15, 0.2) is 24.4 Å². The van der Waals surface area contributed by atoms with Gasteiger partial charge >= 0.3 is 0 Å². The van der Waals surface area contributed by atoms with Crippen LogP contribution < -0.4 is 5.32 Å². The van der Waals surface area contributed by atoms with E-state index in [1.54, 1.807) is 0 Å². The number of piperidine rings is 3. The van der Waals surface area contributed by atoms with Gasteiger partial charge in [0, 0.05) is 17.6 Å². The van der Waals surface area contributed by atoms with Crippen LogP contribution in [0.25, 0.3) is 10.6 Å². The first kappa shape index (κ1) is 16.6. The van der Waals surface area contributed by atoms with Crippen molar-refractivity contribution < 1.29 is 13.6 Å². The minimum atomic E-state index is -0.935. The van der Waals surface area contributed by atoms with E-state index >= 15 is 0 Å². The van der Waals surface area contributed by atoms with Gasteiger partial charge in [0.1, 0.15) is 9.88 Å². The van der Waals surface area contributed by atoms with E-state index in [-0.39, 0.29) is 17.5 Å². The molecule has 2 atom stereocenters. The van der Waals surface area contributed by atoms with E-state index in [4.69, 9.17) is 0 Å². The van der Waals surface area contributed by atoms with Crippen molar-refractivity contribution in [1.82, 2.24) is 15.2 Å². The minimum absolute atomic E-state index is 0.0836. The molecule has 2 unspecified atom stereocenters. The fraction of sp³-hybridized carbons (Fsp3) is 0.444. The third-order valence-electron chi connectivity index (χ3n) is 5.39. The average molecular weight is 363 g/mol. The van der Waals surface area contributed by atoms with Crippen molar-refractivity contribution in [3.63, 3.8) is 0 Å². The molecule has 3 aliphatic rings. The highest BCUT2D eigenvalue weighted by Crippen LogP contribution is 2.33. The minimum Gasteiger partial charge on any atom is -0.347 e. The smallest absolute Gasteiger partial charge is 0.263 e. The van der Waals surface area contributed by atoms with Crippen LogP contribution in [0.1, 0.15) is 29.4 Å². The lowest BCUT2D eigenvalue weighted by molar-refractivity contribution is 0.0218. The largest absolute Gasteiger partial charge is 0.347 e. The molecule has 0 spiro atoms. The molecule has 3 saturated heterocycles. The molecule has 7 heteroatoms. The molecule has 1 aromatic carbocycles. The fourth-order valence-corrected chi connectivity index (χ4v) is 4.78. The van der Waals surface area contributed by atoms with Gasteiger partial charge in [-0.25, -0.2) is 13.8 Å². The van der Waals surface area contributed by atoms with Crippen LogP contribution in [-0.2, 0) is 0 Å². The van der Waals surface area contributed by atoms with Crippen LogP contribution >= 0.6 is 11.3 Å². The van der Waals surface area contributed by atoms with Gasteiger partial charge in [0.2, 0.25) is 0 Å². The number of halogens is 2. The standard InChI is InChI=1S/C18H19F2N3OS/c1-10-16(11-5-7-23(10)8-6-11)22-17(24)14-9-21-18(25-14)12-3-2-4-13(19)15(12)20/h2-4,9-11,16H,5-8H2,1H3,(H,22,24). The molecule has 25 heavy (non-hydrogen) atoms. The lowest BCUT2D eigenvalue weighted by atomic mass is 9.79. The van der Waals surface area contributed by atoms with E-state index in [2.05, 4.69) is 22.1 Å².